The van der Waals surface area contributed by atoms with Gasteiger partial charge in [0.05, 0.1) is 0 Å². The van der Waals surface area contributed by atoms with Crippen LogP contribution in [-0.2, 0) is 5.41 Å². The number of aryl methyl sites for hydroxylation is 1. The maximum atomic E-state index is 3.76. The fourth-order valence-electron chi connectivity index (χ4n) is 1.37. The van der Waals surface area contributed by atoms with Crippen LogP contribution in [0.3, 0.4) is 0 Å². The molecular formula is C14H20S. The molecule has 0 bridgehead atoms. The van der Waals surface area contributed by atoms with E-state index in [2.05, 4.69) is 52.5 Å². The van der Waals surface area contributed by atoms with Crippen molar-refractivity contribution < 1.29 is 0 Å². The smallest absolute Gasteiger partial charge is 0.0158 e. The summed E-state index contributed by atoms with van der Waals surface area (Å²) in [6.45, 7) is 12.7. The molecule has 1 aromatic rings. The van der Waals surface area contributed by atoms with E-state index in [0.717, 1.165) is 5.75 Å². The predicted molar refractivity (Wildman–Crippen MR) is 70.8 cm³/mol. The van der Waals surface area contributed by atoms with Crippen molar-refractivity contribution in [2.45, 2.75) is 38.0 Å². The molecule has 0 saturated heterocycles. The van der Waals surface area contributed by atoms with Crippen LogP contribution in [0.15, 0.2) is 35.7 Å². The molecule has 0 fully saturated rings. The van der Waals surface area contributed by atoms with Crippen molar-refractivity contribution in [1.82, 2.24) is 0 Å². The fraction of sp³-hybridized carbons (Fsp3) is 0.429. The van der Waals surface area contributed by atoms with Crippen LogP contribution in [0, 0.1) is 6.92 Å². The summed E-state index contributed by atoms with van der Waals surface area (Å²) in [7, 11) is 0. The lowest BCUT2D eigenvalue weighted by atomic mass is 9.87. The number of rotatable bonds is 3. The van der Waals surface area contributed by atoms with E-state index in [1.807, 2.05) is 17.8 Å². The van der Waals surface area contributed by atoms with Gasteiger partial charge in [0.15, 0.2) is 0 Å². The Kier molecular flexibility index (Phi) is 4.04. The molecule has 0 amide bonds. The minimum Gasteiger partial charge on any atom is -0.122 e. The zero-order valence-corrected chi connectivity index (χ0v) is 10.9. The summed E-state index contributed by atoms with van der Waals surface area (Å²) in [6.07, 6.45) is 1.95. The normalized spacial score (nSPS) is 11.5. The molecule has 0 saturated carbocycles. The second kappa shape index (κ2) is 4.89. The van der Waals surface area contributed by atoms with Gasteiger partial charge in [-0.25, -0.2) is 0 Å². The molecule has 82 valence electrons. The molecule has 0 radical (unpaired) electrons. The van der Waals surface area contributed by atoms with Gasteiger partial charge in [0, 0.05) is 10.6 Å². The van der Waals surface area contributed by atoms with Crippen molar-refractivity contribution in [2.75, 3.05) is 5.75 Å². The van der Waals surface area contributed by atoms with Crippen molar-refractivity contribution in [2.24, 2.45) is 0 Å². The first-order valence-corrected chi connectivity index (χ1v) is 6.28. The zero-order valence-electron chi connectivity index (χ0n) is 10.1. The van der Waals surface area contributed by atoms with Crippen LogP contribution in [0.2, 0.25) is 0 Å². The maximum absolute atomic E-state index is 3.76. The summed E-state index contributed by atoms with van der Waals surface area (Å²) < 4.78 is 0. The highest BCUT2D eigenvalue weighted by molar-refractivity contribution is 7.99. The first-order valence-electron chi connectivity index (χ1n) is 5.30. The van der Waals surface area contributed by atoms with Crippen molar-refractivity contribution in [3.05, 3.63) is 42.0 Å². The second-order valence-corrected chi connectivity index (χ2v) is 5.89. The molecule has 0 aromatic heterocycles. The van der Waals surface area contributed by atoms with E-state index in [1.54, 1.807) is 0 Å². The molecular weight excluding hydrogens is 200 g/mol. The van der Waals surface area contributed by atoms with E-state index in [1.165, 1.54) is 16.0 Å². The topological polar surface area (TPSA) is 0 Å². The lowest BCUT2D eigenvalue weighted by Gasteiger charge is -2.20. The van der Waals surface area contributed by atoms with Gasteiger partial charge in [-0.15, -0.1) is 18.3 Å². The average molecular weight is 220 g/mol. The molecule has 0 spiro atoms. The van der Waals surface area contributed by atoms with E-state index in [4.69, 9.17) is 0 Å². The van der Waals surface area contributed by atoms with Crippen LogP contribution in [0.25, 0.3) is 0 Å². The van der Waals surface area contributed by atoms with E-state index >= 15 is 0 Å². The highest BCUT2D eigenvalue weighted by Gasteiger charge is 2.14. The number of hydrogen-bond donors (Lipinski definition) is 0. The SMILES string of the molecule is C=CCSc1cc(C(C)(C)C)ccc1C. The van der Waals surface area contributed by atoms with E-state index in [9.17, 15) is 0 Å². The Labute approximate surface area is 97.8 Å². The fourth-order valence-corrected chi connectivity index (χ4v) is 2.17. The Morgan fingerprint density at radius 1 is 1.33 bits per heavy atom. The molecule has 0 heterocycles. The van der Waals surface area contributed by atoms with Crippen molar-refractivity contribution >= 4 is 11.8 Å². The van der Waals surface area contributed by atoms with Gasteiger partial charge < -0.3 is 0 Å². The van der Waals surface area contributed by atoms with Crippen LogP contribution in [0.5, 0.6) is 0 Å². The average Bonchev–Trinajstić information content (AvgIpc) is 2.15. The predicted octanol–water partition coefficient (Wildman–Crippen LogP) is 4.57. The summed E-state index contributed by atoms with van der Waals surface area (Å²) >= 11 is 1.86. The molecule has 0 N–H and O–H groups in total. The molecule has 0 aliphatic heterocycles. The molecule has 0 atom stereocenters. The molecule has 0 unspecified atom stereocenters. The zero-order chi connectivity index (χ0) is 11.5. The summed E-state index contributed by atoms with van der Waals surface area (Å²) in [4.78, 5) is 1.38. The van der Waals surface area contributed by atoms with Gasteiger partial charge in [-0.3, -0.25) is 0 Å². The van der Waals surface area contributed by atoms with Crippen LogP contribution in [-0.4, -0.2) is 5.75 Å². The van der Waals surface area contributed by atoms with Gasteiger partial charge in [0.1, 0.15) is 0 Å². The second-order valence-electron chi connectivity index (χ2n) is 4.83. The monoisotopic (exact) mass is 220 g/mol. The minimum atomic E-state index is 0.233. The number of benzene rings is 1. The first-order chi connectivity index (χ1) is 6.95. The molecule has 0 aliphatic carbocycles. The summed E-state index contributed by atoms with van der Waals surface area (Å²) in [6, 6.07) is 6.75. The molecule has 0 nitrogen and oxygen atoms in total. The number of hydrogen-bond acceptors (Lipinski definition) is 1. The summed E-state index contributed by atoms with van der Waals surface area (Å²) in [5.41, 5.74) is 2.99. The Bertz CT molecular complexity index is 345. The van der Waals surface area contributed by atoms with Gasteiger partial charge in [-0.05, 0) is 29.5 Å². The van der Waals surface area contributed by atoms with Gasteiger partial charge in [-0.1, -0.05) is 39.0 Å². The Balaban J connectivity index is 3.00. The van der Waals surface area contributed by atoms with Crippen LogP contribution < -0.4 is 0 Å². The van der Waals surface area contributed by atoms with E-state index in [-0.39, 0.29) is 5.41 Å². The maximum Gasteiger partial charge on any atom is 0.0158 e. The highest BCUT2D eigenvalue weighted by Crippen LogP contribution is 2.29. The van der Waals surface area contributed by atoms with E-state index in [0.29, 0.717) is 0 Å². The first kappa shape index (κ1) is 12.4. The van der Waals surface area contributed by atoms with Crippen molar-refractivity contribution in [3.8, 4) is 0 Å². The Morgan fingerprint density at radius 3 is 2.53 bits per heavy atom. The van der Waals surface area contributed by atoms with E-state index < -0.39 is 0 Å². The Morgan fingerprint density at radius 2 is 2.00 bits per heavy atom. The van der Waals surface area contributed by atoms with Crippen molar-refractivity contribution in [3.63, 3.8) is 0 Å². The molecule has 1 rings (SSSR count). The van der Waals surface area contributed by atoms with Gasteiger partial charge >= 0.3 is 0 Å². The molecule has 15 heavy (non-hydrogen) atoms. The molecule has 1 aromatic carbocycles. The van der Waals surface area contributed by atoms with Crippen LogP contribution in [0.4, 0.5) is 0 Å². The standard InChI is InChI=1S/C14H20S/c1-6-9-15-13-10-12(14(3,4)5)8-7-11(13)2/h6-8,10H,1,9H2,2-5H3. The lowest BCUT2D eigenvalue weighted by Crippen LogP contribution is -2.11. The lowest BCUT2D eigenvalue weighted by molar-refractivity contribution is 0.588. The minimum absolute atomic E-state index is 0.233. The third kappa shape index (κ3) is 3.42. The third-order valence-corrected chi connectivity index (χ3v) is 3.56. The Hall–Kier alpha value is -0.690. The quantitative estimate of drug-likeness (QED) is 0.531. The summed E-state index contributed by atoms with van der Waals surface area (Å²) in [5, 5.41) is 0. The summed E-state index contributed by atoms with van der Waals surface area (Å²) in [5.74, 6) is 0.981. The molecule has 1 heteroatoms. The number of thioether (sulfide) groups is 1. The van der Waals surface area contributed by atoms with Gasteiger partial charge in [0.25, 0.3) is 0 Å². The highest BCUT2D eigenvalue weighted by atomic mass is 32.2. The third-order valence-electron chi connectivity index (χ3n) is 2.41. The largest absolute Gasteiger partial charge is 0.122 e. The van der Waals surface area contributed by atoms with Gasteiger partial charge in [0.2, 0.25) is 0 Å². The van der Waals surface area contributed by atoms with Crippen LogP contribution >= 0.6 is 11.8 Å². The molecule has 0 aliphatic rings. The van der Waals surface area contributed by atoms with Crippen molar-refractivity contribution in [1.29, 1.82) is 0 Å². The van der Waals surface area contributed by atoms with Crippen LogP contribution in [0.1, 0.15) is 31.9 Å². The van der Waals surface area contributed by atoms with Gasteiger partial charge in [-0.2, -0.15) is 0 Å².